The van der Waals surface area contributed by atoms with Crippen LogP contribution in [-0.4, -0.2) is 24.5 Å². The van der Waals surface area contributed by atoms with Gasteiger partial charge in [-0.05, 0) is 45.1 Å². The highest BCUT2D eigenvalue weighted by Gasteiger charge is 2.40. The minimum Gasteiger partial charge on any atom is -0.375 e. The molecule has 3 heteroatoms. The summed E-state index contributed by atoms with van der Waals surface area (Å²) in [6.07, 6.45) is 10.8. The van der Waals surface area contributed by atoms with Gasteiger partial charge in [0, 0.05) is 18.9 Å². The predicted molar refractivity (Wildman–Crippen MR) is 72.4 cm³/mol. The highest BCUT2D eigenvalue weighted by molar-refractivity contribution is 5.81. The van der Waals surface area contributed by atoms with Gasteiger partial charge in [0.25, 0.3) is 0 Å². The molecule has 1 aliphatic carbocycles. The molecule has 2 N–H and O–H groups in total. The van der Waals surface area contributed by atoms with Crippen LogP contribution in [0.2, 0.25) is 0 Å². The molecule has 1 spiro atoms. The largest absolute Gasteiger partial charge is 0.375 e. The average Bonchev–Trinajstić information content (AvgIpc) is 2.40. The summed E-state index contributed by atoms with van der Waals surface area (Å²) in [6.45, 7) is 1.48. The Labute approximate surface area is 110 Å². The van der Waals surface area contributed by atoms with Crippen LogP contribution in [0.25, 0.3) is 0 Å². The summed E-state index contributed by atoms with van der Waals surface area (Å²) in [5.41, 5.74) is 5.53. The minimum absolute atomic E-state index is 0.0602. The minimum atomic E-state index is 0.0602. The standard InChI is InChI=1S/C15H27NO2/c16-10-5-2-6-14(17)13-7-11-18-15(12-13)8-3-1-4-9-15/h13H,1-12,16H2. The molecule has 3 nitrogen and oxygen atoms in total. The smallest absolute Gasteiger partial charge is 0.136 e. The maximum Gasteiger partial charge on any atom is 0.136 e. The van der Waals surface area contributed by atoms with Crippen molar-refractivity contribution in [2.75, 3.05) is 13.2 Å². The molecule has 1 saturated heterocycles. The fourth-order valence-electron chi connectivity index (χ4n) is 3.49. The number of ether oxygens (including phenoxy) is 1. The molecule has 2 fully saturated rings. The van der Waals surface area contributed by atoms with Gasteiger partial charge in [-0.25, -0.2) is 0 Å². The van der Waals surface area contributed by atoms with Gasteiger partial charge in [-0.1, -0.05) is 19.3 Å². The van der Waals surface area contributed by atoms with Gasteiger partial charge in [-0.3, -0.25) is 4.79 Å². The third kappa shape index (κ3) is 3.55. The van der Waals surface area contributed by atoms with E-state index in [2.05, 4.69) is 0 Å². The molecule has 18 heavy (non-hydrogen) atoms. The summed E-state index contributed by atoms with van der Waals surface area (Å²) in [6, 6.07) is 0. The quantitative estimate of drug-likeness (QED) is 0.766. The topological polar surface area (TPSA) is 52.3 Å². The summed E-state index contributed by atoms with van der Waals surface area (Å²) < 4.78 is 6.04. The van der Waals surface area contributed by atoms with Gasteiger partial charge >= 0.3 is 0 Å². The van der Waals surface area contributed by atoms with Crippen LogP contribution < -0.4 is 5.73 Å². The molecule has 2 aliphatic rings. The van der Waals surface area contributed by atoms with Gasteiger partial charge in [0.05, 0.1) is 5.60 Å². The van der Waals surface area contributed by atoms with E-state index in [9.17, 15) is 4.79 Å². The van der Waals surface area contributed by atoms with Crippen molar-refractivity contribution in [3.05, 3.63) is 0 Å². The Bertz CT molecular complexity index is 266. The van der Waals surface area contributed by atoms with E-state index in [4.69, 9.17) is 10.5 Å². The zero-order valence-electron chi connectivity index (χ0n) is 11.5. The molecule has 0 radical (unpaired) electrons. The van der Waals surface area contributed by atoms with Crippen molar-refractivity contribution < 1.29 is 9.53 Å². The lowest BCUT2D eigenvalue weighted by atomic mass is 9.74. The number of hydrogen-bond donors (Lipinski definition) is 1. The van der Waals surface area contributed by atoms with Crippen molar-refractivity contribution in [1.29, 1.82) is 0 Å². The van der Waals surface area contributed by atoms with Crippen LogP contribution in [0.3, 0.4) is 0 Å². The van der Waals surface area contributed by atoms with Crippen LogP contribution in [0.1, 0.15) is 64.2 Å². The fraction of sp³-hybridized carbons (Fsp3) is 0.933. The summed E-state index contributed by atoms with van der Waals surface area (Å²) >= 11 is 0. The molecule has 0 amide bonds. The van der Waals surface area contributed by atoms with Gasteiger partial charge in [0.2, 0.25) is 0 Å². The predicted octanol–water partition coefficient (Wildman–Crippen LogP) is 2.81. The third-order valence-corrected chi connectivity index (χ3v) is 4.59. The van der Waals surface area contributed by atoms with Crippen LogP contribution in [-0.2, 0) is 9.53 Å². The normalized spacial score (nSPS) is 27.3. The van der Waals surface area contributed by atoms with E-state index in [1.807, 2.05) is 0 Å². The Kier molecular flexibility index (Phi) is 5.19. The first-order chi connectivity index (χ1) is 8.76. The van der Waals surface area contributed by atoms with Crippen molar-refractivity contribution in [2.45, 2.75) is 69.8 Å². The van der Waals surface area contributed by atoms with Gasteiger partial charge in [-0.15, -0.1) is 0 Å². The van der Waals surface area contributed by atoms with E-state index >= 15 is 0 Å². The Morgan fingerprint density at radius 3 is 2.72 bits per heavy atom. The lowest BCUT2D eigenvalue weighted by Gasteiger charge is -2.43. The van der Waals surface area contributed by atoms with Crippen molar-refractivity contribution in [2.24, 2.45) is 11.7 Å². The number of hydrogen-bond acceptors (Lipinski definition) is 3. The first-order valence-corrected chi connectivity index (χ1v) is 7.62. The van der Waals surface area contributed by atoms with Gasteiger partial charge in [-0.2, -0.15) is 0 Å². The average molecular weight is 253 g/mol. The van der Waals surface area contributed by atoms with E-state index in [-0.39, 0.29) is 11.5 Å². The molecule has 0 bridgehead atoms. The van der Waals surface area contributed by atoms with Crippen LogP contribution in [0.5, 0.6) is 0 Å². The van der Waals surface area contributed by atoms with E-state index < -0.39 is 0 Å². The monoisotopic (exact) mass is 253 g/mol. The SMILES string of the molecule is NCCCCC(=O)C1CCOC2(CCCCC2)C1. The molecule has 0 aromatic heterocycles. The molecular formula is C15H27NO2. The molecule has 104 valence electrons. The number of ketones is 1. The maximum absolute atomic E-state index is 12.2. The van der Waals surface area contributed by atoms with Crippen LogP contribution in [0, 0.1) is 5.92 Å². The Morgan fingerprint density at radius 1 is 1.22 bits per heavy atom. The Balaban J connectivity index is 1.83. The molecule has 2 rings (SSSR count). The number of unbranched alkanes of at least 4 members (excludes halogenated alkanes) is 1. The summed E-state index contributed by atoms with van der Waals surface area (Å²) in [5.74, 6) is 0.714. The second kappa shape index (κ2) is 6.67. The molecule has 1 unspecified atom stereocenters. The zero-order chi connectivity index (χ0) is 12.8. The Morgan fingerprint density at radius 2 is 2.00 bits per heavy atom. The fourth-order valence-corrected chi connectivity index (χ4v) is 3.49. The highest BCUT2D eigenvalue weighted by atomic mass is 16.5. The van der Waals surface area contributed by atoms with Gasteiger partial charge < -0.3 is 10.5 Å². The van der Waals surface area contributed by atoms with Crippen molar-refractivity contribution in [3.63, 3.8) is 0 Å². The molecule has 0 aromatic rings. The van der Waals surface area contributed by atoms with Crippen molar-refractivity contribution in [3.8, 4) is 0 Å². The van der Waals surface area contributed by atoms with E-state index in [0.29, 0.717) is 12.3 Å². The second-order valence-electron chi connectivity index (χ2n) is 5.99. The zero-order valence-corrected chi connectivity index (χ0v) is 11.5. The second-order valence-corrected chi connectivity index (χ2v) is 5.99. The summed E-state index contributed by atoms with van der Waals surface area (Å²) in [5, 5.41) is 0. The summed E-state index contributed by atoms with van der Waals surface area (Å²) in [7, 11) is 0. The molecule has 1 atom stereocenters. The molecule has 1 saturated carbocycles. The van der Waals surface area contributed by atoms with Crippen LogP contribution in [0.4, 0.5) is 0 Å². The van der Waals surface area contributed by atoms with E-state index in [1.54, 1.807) is 0 Å². The Hall–Kier alpha value is -0.410. The number of carbonyl (C=O) groups excluding carboxylic acids is 1. The number of Topliss-reactive ketones (excluding diaryl/α,β-unsaturated/α-hetero) is 1. The molecule has 1 heterocycles. The first kappa shape index (κ1) is 14.0. The number of carbonyl (C=O) groups is 1. The molecular weight excluding hydrogens is 226 g/mol. The first-order valence-electron chi connectivity index (χ1n) is 7.62. The maximum atomic E-state index is 12.2. The lowest BCUT2D eigenvalue weighted by molar-refractivity contribution is -0.143. The highest BCUT2D eigenvalue weighted by Crippen LogP contribution is 2.41. The number of rotatable bonds is 5. The van der Waals surface area contributed by atoms with Crippen LogP contribution in [0.15, 0.2) is 0 Å². The van der Waals surface area contributed by atoms with E-state index in [0.717, 1.165) is 38.7 Å². The molecule has 1 aliphatic heterocycles. The summed E-state index contributed by atoms with van der Waals surface area (Å²) in [4.78, 5) is 12.2. The van der Waals surface area contributed by atoms with Crippen LogP contribution >= 0.6 is 0 Å². The van der Waals surface area contributed by atoms with Crippen molar-refractivity contribution >= 4 is 5.78 Å². The van der Waals surface area contributed by atoms with Crippen molar-refractivity contribution in [1.82, 2.24) is 0 Å². The molecule has 0 aromatic carbocycles. The van der Waals surface area contributed by atoms with Gasteiger partial charge in [0.15, 0.2) is 0 Å². The number of nitrogens with two attached hydrogens (primary N) is 1. The third-order valence-electron chi connectivity index (χ3n) is 4.59. The van der Waals surface area contributed by atoms with Gasteiger partial charge in [0.1, 0.15) is 5.78 Å². The van der Waals surface area contributed by atoms with E-state index in [1.165, 1.54) is 32.1 Å². The lowest BCUT2D eigenvalue weighted by Crippen LogP contribution is -2.43.